The number of methoxy groups -OCH3 is 1. The second-order valence-corrected chi connectivity index (χ2v) is 9.78. The fraction of sp³-hybridized carbons (Fsp3) is 0.100. The first-order chi connectivity index (χ1) is 19.1. The standard InChI is InChI=1S/C30H23FN4O3S/c1-37-27-15-22-20-11-6-8-14-25(20)38-26(22)16-24(27)32-28(36)18-39-30-34-33-29(21-12-5-7-13-23(21)31)35(30)17-19-9-3-2-4-10-19/h2-16H,17-18H2,1H3,(H,32,36). The molecule has 1 amide bonds. The van der Waals surface area contributed by atoms with Gasteiger partial charge in [-0.25, -0.2) is 4.39 Å². The van der Waals surface area contributed by atoms with Gasteiger partial charge in [-0.05, 0) is 29.8 Å². The van der Waals surface area contributed by atoms with Crippen molar-refractivity contribution in [3.63, 3.8) is 0 Å². The smallest absolute Gasteiger partial charge is 0.234 e. The number of amides is 1. The summed E-state index contributed by atoms with van der Waals surface area (Å²) in [6.45, 7) is 0.429. The molecule has 0 aliphatic rings. The van der Waals surface area contributed by atoms with Crippen molar-refractivity contribution in [3.05, 3.63) is 102 Å². The summed E-state index contributed by atoms with van der Waals surface area (Å²) in [5, 5.41) is 13.9. The van der Waals surface area contributed by atoms with E-state index in [0.717, 1.165) is 21.9 Å². The molecular weight excluding hydrogens is 515 g/mol. The molecule has 0 fully saturated rings. The maximum atomic E-state index is 14.6. The van der Waals surface area contributed by atoms with Gasteiger partial charge in [0.2, 0.25) is 5.91 Å². The number of ether oxygens (including phenoxy) is 1. The van der Waals surface area contributed by atoms with Crippen LogP contribution in [0.1, 0.15) is 5.56 Å². The van der Waals surface area contributed by atoms with E-state index in [-0.39, 0.29) is 17.5 Å². The van der Waals surface area contributed by atoms with Crippen LogP contribution in [-0.2, 0) is 11.3 Å². The molecule has 0 atom stereocenters. The van der Waals surface area contributed by atoms with Gasteiger partial charge in [0.15, 0.2) is 11.0 Å². The van der Waals surface area contributed by atoms with Crippen LogP contribution < -0.4 is 10.1 Å². The highest BCUT2D eigenvalue weighted by Gasteiger charge is 2.19. The summed E-state index contributed by atoms with van der Waals surface area (Å²) >= 11 is 1.23. The van der Waals surface area contributed by atoms with Crippen LogP contribution in [0.25, 0.3) is 33.3 Å². The number of nitrogens with zero attached hydrogens (tertiary/aromatic N) is 3. The molecule has 6 aromatic rings. The van der Waals surface area contributed by atoms with E-state index in [1.165, 1.54) is 17.8 Å². The molecule has 0 radical (unpaired) electrons. The predicted octanol–water partition coefficient (Wildman–Crippen LogP) is 6.77. The zero-order chi connectivity index (χ0) is 26.8. The van der Waals surface area contributed by atoms with E-state index in [0.29, 0.717) is 40.1 Å². The Morgan fingerprint density at radius 1 is 0.949 bits per heavy atom. The zero-order valence-electron chi connectivity index (χ0n) is 20.9. The fourth-order valence-corrected chi connectivity index (χ4v) is 5.22. The van der Waals surface area contributed by atoms with Gasteiger partial charge >= 0.3 is 0 Å². The Bertz CT molecular complexity index is 1800. The summed E-state index contributed by atoms with van der Waals surface area (Å²) < 4.78 is 28.0. The lowest BCUT2D eigenvalue weighted by atomic mass is 10.1. The molecule has 0 saturated carbocycles. The van der Waals surface area contributed by atoms with Crippen molar-refractivity contribution in [2.45, 2.75) is 11.7 Å². The number of aromatic nitrogens is 3. The Morgan fingerprint density at radius 3 is 2.54 bits per heavy atom. The van der Waals surface area contributed by atoms with Crippen LogP contribution in [0.4, 0.5) is 10.1 Å². The second kappa shape index (κ2) is 10.6. The minimum atomic E-state index is -0.387. The highest BCUT2D eigenvalue weighted by atomic mass is 32.2. The van der Waals surface area contributed by atoms with Gasteiger partial charge in [-0.1, -0.05) is 72.4 Å². The van der Waals surface area contributed by atoms with Crippen LogP contribution in [0.15, 0.2) is 101 Å². The Kier molecular flexibility index (Phi) is 6.73. The number of furan rings is 1. The van der Waals surface area contributed by atoms with Gasteiger partial charge in [-0.2, -0.15) is 0 Å². The molecule has 39 heavy (non-hydrogen) atoms. The van der Waals surface area contributed by atoms with Crippen LogP contribution in [0.2, 0.25) is 0 Å². The lowest BCUT2D eigenvalue weighted by Crippen LogP contribution is -2.15. The molecule has 2 aromatic heterocycles. The minimum Gasteiger partial charge on any atom is -0.495 e. The molecule has 0 aliphatic heterocycles. The number of carbonyl (C=O) groups is 1. The summed E-state index contributed by atoms with van der Waals surface area (Å²) in [7, 11) is 1.56. The number of nitrogens with one attached hydrogen (secondary N) is 1. The number of benzene rings is 4. The summed E-state index contributed by atoms with van der Waals surface area (Å²) in [5.74, 6) is 0.348. The second-order valence-electron chi connectivity index (χ2n) is 8.84. The SMILES string of the molecule is COc1cc2c(cc1NC(=O)CSc1nnc(-c3ccccc3F)n1Cc1ccccc1)oc1ccccc12. The van der Waals surface area contributed by atoms with Crippen molar-refractivity contribution in [3.8, 4) is 17.1 Å². The maximum absolute atomic E-state index is 14.6. The van der Waals surface area contributed by atoms with Gasteiger partial charge in [0, 0.05) is 16.8 Å². The quantitative estimate of drug-likeness (QED) is 0.215. The number of fused-ring (bicyclic) bond motifs is 3. The molecule has 9 heteroatoms. The van der Waals surface area contributed by atoms with Crippen LogP contribution in [0, 0.1) is 5.82 Å². The Morgan fingerprint density at radius 2 is 1.72 bits per heavy atom. The molecule has 2 heterocycles. The monoisotopic (exact) mass is 538 g/mol. The van der Waals surface area contributed by atoms with Gasteiger partial charge in [0.25, 0.3) is 0 Å². The number of thioether (sulfide) groups is 1. The average Bonchev–Trinajstić information content (AvgIpc) is 3.52. The van der Waals surface area contributed by atoms with E-state index >= 15 is 0 Å². The normalized spacial score (nSPS) is 11.2. The summed E-state index contributed by atoms with van der Waals surface area (Å²) in [6, 6.07) is 27.6. The van der Waals surface area contributed by atoms with Crippen molar-refractivity contribution in [1.82, 2.24) is 14.8 Å². The number of anilines is 1. The molecule has 0 spiro atoms. The lowest BCUT2D eigenvalue weighted by molar-refractivity contribution is -0.113. The van der Waals surface area contributed by atoms with Crippen molar-refractivity contribution in [2.75, 3.05) is 18.2 Å². The van der Waals surface area contributed by atoms with Crippen molar-refractivity contribution in [1.29, 1.82) is 0 Å². The van der Waals surface area contributed by atoms with Gasteiger partial charge in [-0.15, -0.1) is 10.2 Å². The minimum absolute atomic E-state index is 0.0610. The molecule has 4 aromatic carbocycles. The topological polar surface area (TPSA) is 82.2 Å². The summed E-state index contributed by atoms with van der Waals surface area (Å²) in [4.78, 5) is 13.0. The predicted molar refractivity (Wildman–Crippen MR) is 151 cm³/mol. The van der Waals surface area contributed by atoms with E-state index in [1.807, 2.05) is 65.2 Å². The van der Waals surface area contributed by atoms with Gasteiger partial charge in [0.1, 0.15) is 22.7 Å². The number of halogens is 1. The molecular formula is C30H23FN4O3S. The molecule has 1 N–H and O–H groups in total. The van der Waals surface area contributed by atoms with E-state index in [1.54, 1.807) is 31.4 Å². The highest BCUT2D eigenvalue weighted by molar-refractivity contribution is 7.99. The van der Waals surface area contributed by atoms with Gasteiger partial charge < -0.3 is 14.5 Å². The molecule has 0 unspecified atom stereocenters. The Labute approximate surface area is 227 Å². The summed E-state index contributed by atoms with van der Waals surface area (Å²) in [6.07, 6.45) is 0. The number of hydrogen-bond acceptors (Lipinski definition) is 6. The number of carbonyl (C=O) groups excluding carboxylic acids is 1. The largest absolute Gasteiger partial charge is 0.495 e. The number of para-hydroxylation sites is 1. The Balaban J connectivity index is 1.25. The van der Waals surface area contributed by atoms with E-state index in [9.17, 15) is 9.18 Å². The first kappa shape index (κ1) is 24.7. The molecule has 6 rings (SSSR count). The van der Waals surface area contributed by atoms with Crippen LogP contribution >= 0.6 is 11.8 Å². The highest BCUT2D eigenvalue weighted by Crippen LogP contribution is 2.36. The molecule has 7 nitrogen and oxygen atoms in total. The third-order valence-electron chi connectivity index (χ3n) is 6.32. The third kappa shape index (κ3) is 4.96. The van der Waals surface area contributed by atoms with Crippen molar-refractivity contribution >= 4 is 45.3 Å². The molecule has 0 aliphatic carbocycles. The van der Waals surface area contributed by atoms with Crippen LogP contribution in [0.3, 0.4) is 0 Å². The van der Waals surface area contributed by atoms with Gasteiger partial charge in [-0.3, -0.25) is 9.36 Å². The average molecular weight is 539 g/mol. The van der Waals surface area contributed by atoms with Crippen LogP contribution in [0.5, 0.6) is 5.75 Å². The maximum Gasteiger partial charge on any atom is 0.234 e. The summed E-state index contributed by atoms with van der Waals surface area (Å²) in [5.41, 5.74) is 3.27. The van der Waals surface area contributed by atoms with Crippen molar-refractivity contribution < 1.29 is 18.3 Å². The third-order valence-corrected chi connectivity index (χ3v) is 7.29. The van der Waals surface area contributed by atoms with E-state index < -0.39 is 0 Å². The Hall–Kier alpha value is -4.63. The van der Waals surface area contributed by atoms with Crippen molar-refractivity contribution in [2.24, 2.45) is 0 Å². The molecule has 194 valence electrons. The molecule has 0 bridgehead atoms. The first-order valence-corrected chi connectivity index (χ1v) is 13.2. The van der Waals surface area contributed by atoms with Gasteiger partial charge in [0.05, 0.1) is 30.7 Å². The van der Waals surface area contributed by atoms with Crippen LogP contribution in [-0.4, -0.2) is 33.5 Å². The zero-order valence-corrected chi connectivity index (χ0v) is 21.7. The number of rotatable bonds is 8. The van der Waals surface area contributed by atoms with E-state index in [2.05, 4.69) is 15.5 Å². The fourth-order valence-electron chi connectivity index (χ4n) is 4.48. The number of hydrogen-bond donors (Lipinski definition) is 1. The first-order valence-electron chi connectivity index (χ1n) is 12.2. The molecule has 0 saturated heterocycles. The van der Waals surface area contributed by atoms with E-state index in [4.69, 9.17) is 9.15 Å². The lowest BCUT2D eigenvalue weighted by Gasteiger charge is -2.12.